The van der Waals surface area contributed by atoms with Crippen LogP contribution in [0.25, 0.3) is 10.2 Å². The molecule has 1 aliphatic rings. The molecule has 0 unspecified atom stereocenters. The van der Waals surface area contributed by atoms with Gasteiger partial charge in [0.05, 0.1) is 10.4 Å². The van der Waals surface area contributed by atoms with Crippen molar-refractivity contribution < 1.29 is 9.59 Å². The lowest BCUT2D eigenvalue weighted by molar-refractivity contribution is -0.129. The van der Waals surface area contributed by atoms with Gasteiger partial charge >= 0.3 is 0 Å². The minimum absolute atomic E-state index is 0.0429. The Morgan fingerprint density at radius 1 is 1.43 bits per heavy atom. The SMILES string of the molecule is CN1CCCN(C(=O)c2sc3cccnc3c2N)CC1=O. The van der Waals surface area contributed by atoms with Gasteiger partial charge < -0.3 is 15.5 Å². The van der Waals surface area contributed by atoms with Gasteiger partial charge in [0.25, 0.3) is 5.91 Å². The number of nitrogens with two attached hydrogens (primary N) is 1. The summed E-state index contributed by atoms with van der Waals surface area (Å²) in [5, 5.41) is 0. The predicted octanol–water partition coefficient (Wildman–Crippen LogP) is 1.18. The van der Waals surface area contributed by atoms with Crippen LogP contribution in [-0.4, -0.2) is 53.3 Å². The monoisotopic (exact) mass is 304 g/mol. The summed E-state index contributed by atoms with van der Waals surface area (Å²) < 4.78 is 0.886. The first-order valence-electron chi connectivity index (χ1n) is 6.74. The number of likely N-dealkylation sites (N-methyl/N-ethyl adjacent to an activating group) is 1. The van der Waals surface area contributed by atoms with Crippen LogP contribution in [0.5, 0.6) is 0 Å². The molecule has 0 radical (unpaired) electrons. The summed E-state index contributed by atoms with van der Waals surface area (Å²) in [5.41, 5.74) is 7.12. The smallest absolute Gasteiger partial charge is 0.266 e. The second-order valence-corrected chi connectivity index (χ2v) is 6.14. The number of pyridine rings is 1. The summed E-state index contributed by atoms with van der Waals surface area (Å²) in [6, 6.07) is 3.71. The molecule has 3 rings (SSSR count). The van der Waals surface area contributed by atoms with Crippen LogP contribution in [0.3, 0.4) is 0 Å². The summed E-state index contributed by atoms with van der Waals surface area (Å²) >= 11 is 1.33. The van der Waals surface area contributed by atoms with Crippen molar-refractivity contribution >= 4 is 39.1 Å². The molecule has 110 valence electrons. The molecule has 0 aromatic carbocycles. The number of rotatable bonds is 1. The van der Waals surface area contributed by atoms with E-state index in [1.165, 1.54) is 11.3 Å². The van der Waals surface area contributed by atoms with E-state index in [1.807, 2.05) is 12.1 Å². The molecule has 0 spiro atoms. The van der Waals surface area contributed by atoms with Crippen molar-refractivity contribution in [3.8, 4) is 0 Å². The number of nitrogens with zero attached hydrogens (tertiary/aromatic N) is 3. The molecule has 0 aliphatic carbocycles. The Kier molecular flexibility index (Phi) is 3.50. The van der Waals surface area contributed by atoms with Crippen LogP contribution in [-0.2, 0) is 4.79 Å². The standard InChI is InChI=1S/C14H16N4O2S/c1-17-6-3-7-18(8-10(17)19)14(20)13-11(15)12-9(21-13)4-2-5-16-12/h2,4-5H,3,6-8,15H2,1H3. The Labute approximate surface area is 126 Å². The lowest BCUT2D eigenvalue weighted by atomic mass is 10.3. The Balaban J connectivity index is 1.93. The van der Waals surface area contributed by atoms with Gasteiger partial charge in [0, 0.05) is 26.3 Å². The van der Waals surface area contributed by atoms with E-state index in [1.54, 1.807) is 23.0 Å². The highest BCUT2D eigenvalue weighted by atomic mass is 32.1. The predicted molar refractivity (Wildman–Crippen MR) is 82.2 cm³/mol. The molecule has 0 bridgehead atoms. The first kappa shape index (κ1) is 13.8. The summed E-state index contributed by atoms with van der Waals surface area (Å²) in [7, 11) is 1.76. The molecule has 6 nitrogen and oxygen atoms in total. The fourth-order valence-corrected chi connectivity index (χ4v) is 3.46. The Morgan fingerprint density at radius 3 is 3.00 bits per heavy atom. The third-order valence-electron chi connectivity index (χ3n) is 3.64. The third-order valence-corrected chi connectivity index (χ3v) is 4.79. The van der Waals surface area contributed by atoms with E-state index in [-0.39, 0.29) is 18.4 Å². The molecule has 0 atom stereocenters. The van der Waals surface area contributed by atoms with Gasteiger partial charge in [-0.25, -0.2) is 0 Å². The number of anilines is 1. The van der Waals surface area contributed by atoms with Crippen LogP contribution >= 0.6 is 11.3 Å². The summed E-state index contributed by atoms with van der Waals surface area (Å²) in [4.78, 5) is 32.5. The molecule has 1 saturated heterocycles. The summed E-state index contributed by atoms with van der Waals surface area (Å²) in [5.74, 6) is -0.224. The van der Waals surface area contributed by atoms with E-state index in [0.29, 0.717) is 29.2 Å². The number of nitrogen functional groups attached to an aromatic ring is 1. The van der Waals surface area contributed by atoms with Crippen molar-refractivity contribution in [2.75, 3.05) is 32.4 Å². The van der Waals surface area contributed by atoms with Crippen molar-refractivity contribution in [2.45, 2.75) is 6.42 Å². The molecule has 1 aliphatic heterocycles. The van der Waals surface area contributed by atoms with Gasteiger partial charge in [-0.15, -0.1) is 11.3 Å². The van der Waals surface area contributed by atoms with Crippen LogP contribution in [0.4, 0.5) is 5.69 Å². The fraction of sp³-hybridized carbons (Fsp3) is 0.357. The normalized spacial score (nSPS) is 16.3. The molecule has 2 aromatic rings. The molecule has 2 aromatic heterocycles. The van der Waals surface area contributed by atoms with Crippen molar-refractivity contribution in [3.05, 3.63) is 23.2 Å². The molecule has 7 heteroatoms. The summed E-state index contributed by atoms with van der Waals surface area (Å²) in [6.45, 7) is 1.35. The zero-order valence-corrected chi connectivity index (χ0v) is 12.5. The van der Waals surface area contributed by atoms with E-state index >= 15 is 0 Å². The van der Waals surface area contributed by atoms with Gasteiger partial charge in [-0.1, -0.05) is 0 Å². The number of fused-ring (bicyclic) bond motifs is 1. The number of carbonyl (C=O) groups is 2. The largest absolute Gasteiger partial charge is 0.396 e. The number of carbonyl (C=O) groups excluding carboxylic acids is 2. The maximum atomic E-state index is 12.7. The minimum atomic E-state index is -0.181. The number of thiophene rings is 1. The van der Waals surface area contributed by atoms with Crippen LogP contribution in [0, 0.1) is 0 Å². The van der Waals surface area contributed by atoms with E-state index in [9.17, 15) is 9.59 Å². The maximum absolute atomic E-state index is 12.7. The van der Waals surface area contributed by atoms with Crippen molar-refractivity contribution in [3.63, 3.8) is 0 Å². The van der Waals surface area contributed by atoms with E-state index in [4.69, 9.17) is 5.73 Å². The minimum Gasteiger partial charge on any atom is -0.396 e. The highest BCUT2D eigenvalue weighted by Crippen LogP contribution is 2.32. The van der Waals surface area contributed by atoms with Crippen molar-refractivity contribution in [1.29, 1.82) is 0 Å². The zero-order chi connectivity index (χ0) is 15.0. The lowest BCUT2D eigenvalue weighted by Gasteiger charge is -2.19. The average molecular weight is 304 g/mol. The van der Waals surface area contributed by atoms with Gasteiger partial charge in [-0.2, -0.15) is 0 Å². The molecule has 1 fully saturated rings. The summed E-state index contributed by atoms with van der Waals surface area (Å²) in [6.07, 6.45) is 2.43. The maximum Gasteiger partial charge on any atom is 0.266 e. The van der Waals surface area contributed by atoms with Crippen LogP contribution in [0.2, 0.25) is 0 Å². The molecule has 2 N–H and O–H groups in total. The topological polar surface area (TPSA) is 79.5 Å². The number of amides is 2. The molecule has 3 heterocycles. The Hall–Kier alpha value is -2.15. The first-order valence-corrected chi connectivity index (χ1v) is 7.56. The number of hydrogen-bond acceptors (Lipinski definition) is 5. The molecular weight excluding hydrogens is 288 g/mol. The number of hydrogen-bond donors (Lipinski definition) is 1. The molecule has 0 saturated carbocycles. The van der Waals surface area contributed by atoms with E-state index < -0.39 is 0 Å². The molecule has 2 amide bonds. The van der Waals surface area contributed by atoms with Gasteiger partial charge in [-0.3, -0.25) is 14.6 Å². The molecule has 21 heavy (non-hydrogen) atoms. The lowest BCUT2D eigenvalue weighted by Crippen LogP contribution is -2.37. The molecular formula is C14H16N4O2S. The second kappa shape index (κ2) is 5.33. The van der Waals surface area contributed by atoms with Gasteiger partial charge in [0.15, 0.2) is 0 Å². The second-order valence-electron chi connectivity index (χ2n) is 5.09. The van der Waals surface area contributed by atoms with Crippen LogP contribution in [0.1, 0.15) is 16.1 Å². The van der Waals surface area contributed by atoms with E-state index in [2.05, 4.69) is 4.98 Å². The van der Waals surface area contributed by atoms with Crippen molar-refractivity contribution in [1.82, 2.24) is 14.8 Å². The van der Waals surface area contributed by atoms with Gasteiger partial charge in [0.2, 0.25) is 5.91 Å². The Morgan fingerprint density at radius 2 is 2.24 bits per heavy atom. The zero-order valence-electron chi connectivity index (χ0n) is 11.7. The fourth-order valence-electron chi connectivity index (χ4n) is 2.41. The van der Waals surface area contributed by atoms with Crippen LogP contribution < -0.4 is 5.73 Å². The average Bonchev–Trinajstić information content (AvgIpc) is 2.72. The highest BCUT2D eigenvalue weighted by molar-refractivity contribution is 7.21. The Bertz CT molecular complexity index is 712. The first-order chi connectivity index (χ1) is 10.1. The van der Waals surface area contributed by atoms with Gasteiger partial charge in [-0.05, 0) is 18.6 Å². The quantitative estimate of drug-likeness (QED) is 0.858. The number of aromatic nitrogens is 1. The third kappa shape index (κ3) is 2.44. The highest BCUT2D eigenvalue weighted by Gasteiger charge is 2.27. The van der Waals surface area contributed by atoms with Crippen LogP contribution in [0.15, 0.2) is 18.3 Å². The van der Waals surface area contributed by atoms with Crippen molar-refractivity contribution in [2.24, 2.45) is 0 Å². The van der Waals surface area contributed by atoms with E-state index in [0.717, 1.165) is 11.1 Å². The van der Waals surface area contributed by atoms with Gasteiger partial charge in [0.1, 0.15) is 16.9 Å².